The number of hydrogen-bond donors (Lipinski definition) is 3. The van der Waals surface area contributed by atoms with E-state index >= 15 is 0 Å². The number of aromatic nitrogens is 2. The van der Waals surface area contributed by atoms with Gasteiger partial charge in [0.05, 0.1) is 0 Å². The normalized spacial score (nSPS) is 28.4. The Bertz CT molecular complexity index is 1670. The quantitative estimate of drug-likeness (QED) is 0.209. The van der Waals surface area contributed by atoms with Gasteiger partial charge < -0.3 is 29.3 Å². The Morgan fingerprint density at radius 3 is 1.78 bits per heavy atom. The minimum absolute atomic E-state index is 0.284. The Kier molecular flexibility index (Phi) is 8.09. The van der Waals surface area contributed by atoms with E-state index in [1.165, 1.54) is 51.3 Å². The van der Waals surface area contributed by atoms with Gasteiger partial charge in [-0.3, -0.25) is 0 Å². The molecule has 7 heteroatoms. The number of rotatable bonds is 4. The Hall–Kier alpha value is -2.42. The number of nitrogens with zero attached hydrogens (tertiary/aromatic N) is 2. The van der Waals surface area contributed by atoms with Crippen LogP contribution >= 0.6 is 0 Å². The number of nitrogens with one attached hydrogen (secondary N) is 2. The molecule has 0 amide bonds. The highest BCUT2D eigenvalue weighted by Gasteiger charge is 2.42. The maximum atomic E-state index is 9.52. The minimum atomic E-state index is -1.67. The van der Waals surface area contributed by atoms with E-state index in [-0.39, 0.29) is 5.04 Å². The number of H-pyrrole nitrogens is 2. The number of aliphatic hydroxyl groups is 1. The first kappa shape index (κ1) is 31.2. The summed E-state index contributed by atoms with van der Waals surface area (Å²) >= 11 is 0. The number of fused-ring (bicyclic) bond motifs is 4. The predicted octanol–water partition coefficient (Wildman–Crippen LogP) is 7.27. The fourth-order valence-electron chi connectivity index (χ4n) is 8.90. The lowest BCUT2D eigenvalue weighted by atomic mass is 9.72. The van der Waals surface area contributed by atoms with Crippen LogP contribution in [0.4, 0.5) is 0 Å². The van der Waals surface area contributed by atoms with Gasteiger partial charge in [-0.25, -0.2) is 0 Å². The van der Waals surface area contributed by atoms with Gasteiger partial charge in [0.25, 0.3) is 0 Å². The van der Waals surface area contributed by atoms with E-state index in [9.17, 15) is 5.11 Å². The number of aromatic amines is 2. The third-order valence-corrected chi connectivity index (χ3v) is 16.9. The Morgan fingerprint density at radius 1 is 0.800 bits per heavy atom. The van der Waals surface area contributed by atoms with E-state index in [2.05, 4.69) is 117 Å². The zero-order valence-corrected chi connectivity index (χ0v) is 29.5. The molecule has 2 aliphatic carbocycles. The Labute approximate surface area is 270 Å². The van der Waals surface area contributed by atoms with E-state index in [0.717, 1.165) is 32.5 Å². The molecular formula is C38H54N4O2Si. The van der Waals surface area contributed by atoms with Crippen molar-refractivity contribution in [1.82, 2.24) is 19.8 Å². The maximum absolute atomic E-state index is 9.52. The smallest absolute Gasteiger partial charge is 0.191 e. The lowest BCUT2D eigenvalue weighted by molar-refractivity contribution is 0.0772. The zero-order chi connectivity index (χ0) is 31.7. The van der Waals surface area contributed by atoms with Crippen LogP contribution in [0, 0.1) is 11.8 Å². The molecule has 4 aliphatic rings. The summed E-state index contributed by atoms with van der Waals surface area (Å²) in [4.78, 5) is 11.9. The molecule has 8 rings (SSSR count). The second-order valence-corrected chi connectivity index (χ2v) is 21.1. The average molecular weight is 627 g/mol. The number of likely N-dealkylation sites (N-methyl/N-ethyl adjacent to an activating group) is 2. The summed E-state index contributed by atoms with van der Waals surface area (Å²) < 4.78 is 6.60. The maximum Gasteiger partial charge on any atom is 0.191 e. The lowest BCUT2D eigenvalue weighted by Gasteiger charge is -2.46. The summed E-state index contributed by atoms with van der Waals surface area (Å²) in [6.45, 7) is 15.1. The number of piperidine rings is 2. The van der Waals surface area contributed by atoms with Crippen LogP contribution in [-0.2, 0) is 17.3 Å². The van der Waals surface area contributed by atoms with Gasteiger partial charge in [-0.1, -0.05) is 45.0 Å². The molecule has 0 radical (unpaired) electrons. The highest BCUT2D eigenvalue weighted by molar-refractivity contribution is 6.74. The van der Waals surface area contributed by atoms with Crippen molar-refractivity contribution in [3.05, 3.63) is 71.0 Å². The monoisotopic (exact) mass is 626 g/mol. The van der Waals surface area contributed by atoms with Gasteiger partial charge in [-0.2, -0.15) is 0 Å². The van der Waals surface area contributed by atoms with Crippen molar-refractivity contribution < 1.29 is 9.53 Å². The zero-order valence-electron chi connectivity index (χ0n) is 28.5. The van der Waals surface area contributed by atoms with Crippen LogP contribution in [-0.4, -0.2) is 85.7 Å². The summed E-state index contributed by atoms with van der Waals surface area (Å²) in [7, 11) is 2.85. The first-order chi connectivity index (χ1) is 21.4. The van der Waals surface area contributed by atoms with Gasteiger partial charge in [0, 0.05) is 84.4 Å². The van der Waals surface area contributed by atoms with Crippen molar-refractivity contribution in [2.45, 2.75) is 88.5 Å². The van der Waals surface area contributed by atoms with Crippen LogP contribution < -0.4 is 0 Å². The second kappa shape index (κ2) is 11.7. The fourth-order valence-corrected chi connectivity index (χ4v) is 9.99. The van der Waals surface area contributed by atoms with Crippen LogP contribution in [0.15, 0.2) is 48.8 Å². The van der Waals surface area contributed by atoms with Crippen LogP contribution in [0.5, 0.6) is 0 Å². The molecule has 2 saturated heterocycles. The number of benzene rings is 2. The van der Waals surface area contributed by atoms with Gasteiger partial charge in [0.15, 0.2) is 8.32 Å². The largest absolute Gasteiger partial charge is 0.416 e. The molecule has 4 heterocycles. The predicted molar refractivity (Wildman–Crippen MR) is 189 cm³/mol. The van der Waals surface area contributed by atoms with Gasteiger partial charge in [0.1, 0.15) is 0 Å². The van der Waals surface area contributed by atoms with Crippen molar-refractivity contribution in [3.8, 4) is 0 Å². The van der Waals surface area contributed by atoms with Crippen molar-refractivity contribution in [3.63, 3.8) is 0 Å². The number of likely N-dealkylation sites (tertiary alicyclic amines) is 2. The van der Waals surface area contributed by atoms with E-state index < -0.39 is 8.32 Å². The SMILES string of the molecule is CN1C[C@H](CO)CC2c3cccc4[nH]cc(c34)C[C@H]21.CN1C[C@H](CO[Si](C)(C)C(C)(C)C)CC2c3cccc4[nH]cc(c34)C[C@H]21. The molecule has 2 aromatic carbocycles. The van der Waals surface area contributed by atoms with Crippen LogP contribution in [0.2, 0.25) is 18.1 Å². The molecule has 4 aromatic rings. The highest BCUT2D eigenvalue weighted by Crippen LogP contribution is 2.46. The molecular weight excluding hydrogens is 573 g/mol. The Balaban J connectivity index is 0.000000151. The van der Waals surface area contributed by atoms with Crippen LogP contribution in [0.25, 0.3) is 21.8 Å². The number of hydrogen-bond acceptors (Lipinski definition) is 4. The van der Waals surface area contributed by atoms with Gasteiger partial charge in [-0.15, -0.1) is 0 Å². The third kappa shape index (κ3) is 5.52. The van der Waals surface area contributed by atoms with Crippen LogP contribution in [0.3, 0.4) is 0 Å². The van der Waals surface area contributed by atoms with Crippen LogP contribution in [0.1, 0.15) is 67.7 Å². The van der Waals surface area contributed by atoms with Crippen molar-refractivity contribution >= 4 is 30.1 Å². The molecule has 45 heavy (non-hydrogen) atoms. The molecule has 242 valence electrons. The van der Waals surface area contributed by atoms with Gasteiger partial charge >= 0.3 is 0 Å². The highest BCUT2D eigenvalue weighted by atomic mass is 28.4. The molecule has 0 bridgehead atoms. The van der Waals surface area contributed by atoms with Crippen molar-refractivity contribution in [2.24, 2.45) is 11.8 Å². The van der Waals surface area contributed by atoms with E-state index in [4.69, 9.17) is 4.43 Å². The molecule has 3 N–H and O–H groups in total. The fraction of sp³-hybridized carbons (Fsp3) is 0.579. The molecule has 2 aromatic heterocycles. The summed E-state index contributed by atoms with van der Waals surface area (Å²) in [5, 5.41) is 12.7. The summed E-state index contributed by atoms with van der Waals surface area (Å²) in [6.07, 6.45) is 9.09. The third-order valence-electron chi connectivity index (χ3n) is 12.4. The molecule has 6 atom stereocenters. The first-order valence-electron chi connectivity index (χ1n) is 17.3. The number of aliphatic hydroxyl groups excluding tert-OH is 1. The Morgan fingerprint density at radius 2 is 1.29 bits per heavy atom. The topological polar surface area (TPSA) is 67.5 Å². The minimum Gasteiger partial charge on any atom is -0.416 e. The summed E-state index contributed by atoms with van der Waals surface area (Å²) in [5.74, 6) is 2.25. The average Bonchev–Trinajstić information content (AvgIpc) is 3.63. The first-order valence-corrected chi connectivity index (χ1v) is 20.2. The molecule has 2 fully saturated rings. The molecule has 6 nitrogen and oxygen atoms in total. The second-order valence-electron chi connectivity index (χ2n) is 16.3. The van der Waals surface area contributed by atoms with E-state index in [1.54, 1.807) is 5.56 Å². The molecule has 2 aliphatic heterocycles. The standard InChI is InChI=1S/C22H34N2OSi.C16H20N2O/c1-22(2,3)26(5,6)25-14-15-10-18-17-8-7-9-19-21(17)16(12-23-19)11-20(18)24(4)13-15;1-18-8-10(9-19)5-13-12-3-2-4-14-16(12)11(7-17-14)6-15(13)18/h7-9,12,15,18,20,23H,10-11,13-14H2,1-6H3;2-4,7,10,13,15,17,19H,5-6,8-9H2,1H3/t15-,18?,20-;10-,13?,15-/m11/s1. The van der Waals surface area contributed by atoms with E-state index in [1.807, 2.05) is 0 Å². The summed E-state index contributed by atoms with van der Waals surface area (Å²) in [5.41, 5.74) is 8.56. The van der Waals surface area contributed by atoms with Gasteiger partial charge in [0.2, 0.25) is 0 Å². The molecule has 0 spiro atoms. The van der Waals surface area contributed by atoms with Gasteiger partial charge in [-0.05, 0) is 104 Å². The lowest BCUT2D eigenvalue weighted by Crippen LogP contribution is -2.50. The van der Waals surface area contributed by atoms with E-state index in [0.29, 0.717) is 42.4 Å². The van der Waals surface area contributed by atoms with Crippen molar-refractivity contribution in [1.29, 1.82) is 0 Å². The molecule has 0 saturated carbocycles. The van der Waals surface area contributed by atoms with Crippen molar-refractivity contribution in [2.75, 3.05) is 40.4 Å². The molecule has 2 unspecified atom stereocenters. The summed E-state index contributed by atoms with van der Waals surface area (Å²) in [6, 6.07) is 14.6.